The van der Waals surface area contributed by atoms with E-state index in [2.05, 4.69) is 46.7 Å². The van der Waals surface area contributed by atoms with Gasteiger partial charge in [-0.1, -0.05) is 24.3 Å². The fraction of sp³-hybridized carbons (Fsp3) is 0.231. The molecule has 0 spiro atoms. The average molecular weight is 228 g/mol. The molecular weight excluding hydrogens is 216 g/mol. The summed E-state index contributed by atoms with van der Waals surface area (Å²) in [5.74, 6) is 1.06. The van der Waals surface area contributed by atoms with Crippen LogP contribution in [-0.4, -0.2) is 22.2 Å². The molecule has 1 aliphatic carbocycles. The molecule has 2 N–H and O–H groups in total. The lowest BCUT2D eigenvalue weighted by Crippen LogP contribution is -2.38. The van der Waals surface area contributed by atoms with Crippen LogP contribution in [0.15, 0.2) is 24.3 Å². The number of aromatic nitrogens is 1. The maximum absolute atomic E-state index is 3.52. The minimum atomic E-state index is 0.511. The second-order valence-electron chi connectivity index (χ2n) is 4.34. The molecule has 2 atom stereocenters. The van der Waals surface area contributed by atoms with Gasteiger partial charge in [0, 0.05) is 38.6 Å². The molecule has 3 heteroatoms. The Bertz CT molecular complexity index is 671. The zero-order valence-corrected chi connectivity index (χ0v) is 9.55. The molecule has 0 amide bonds. The number of para-hydroxylation sites is 1. The number of aromatic amines is 1. The van der Waals surface area contributed by atoms with Gasteiger partial charge in [-0.05, 0) is 12.1 Å². The first kappa shape index (κ1) is 8.90. The first-order valence-corrected chi connectivity index (χ1v) is 6.62. The van der Waals surface area contributed by atoms with E-state index in [1.165, 1.54) is 21.5 Å². The molecule has 4 rings (SSSR count). The number of fused-ring (bicyclic) bond motifs is 4. The van der Waals surface area contributed by atoms with Crippen molar-refractivity contribution in [2.24, 2.45) is 0 Å². The molecule has 1 aromatic heterocycles. The van der Waals surface area contributed by atoms with Crippen LogP contribution in [0.25, 0.3) is 23.1 Å². The van der Waals surface area contributed by atoms with Gasteiger partial charge in [-0.2, -0.15) is 0 Å². The maximum atomic E-state index is 3.52. The Morgan fingerprint density at radius 1 is 1.19 bits per heavy atom. The van der Waals surface area contributed by atoms with Gasteiger partial charge in [0.05, 0.1) is 0 Å². The van der Waals surface area contributed by atoms with E-state index in [0.29, 0.717) is 11.3 Å². The summed E-state index contributed by atoms with van der Waals surface area (Å²) in [6.45, 7) is 0. The van der Waals surface area contributed by atoms with Gasteiger partial charge in [0.1, 0.15) is 0 Å². The molecule has 0 radical (unpaired) electrons. The van der Waals surface area contributed by atoms with Crippen LogP contribution in [0.4, 0.5) is 0 Å². The Morgan fingerprint density at radius 2 is 2.12 bits per heavy atom. The van der Waals surface area contributed by atoms with Crippen molar-refractivity contribution in [3.63, 3.8) is 0 Å². The van der Waals surface area contributed by atoms with Crippen molar-refractivity contribution in [2.75, 3.05) is 5.88 Å². The van der Waals surface area contributed by atoms with Crippen LogP contribution in [0.3, 0.4) is 0 Å². The topological polar surface area (TPSA) is 27.8 Å². The minimum Gasteiger partial charge on any atom is -0.355 e. The zero-order chi connectivity index (χ0) is 10.5. The molecule has 0 bridgehead atoms. The SMILES string of the molecule is C1=c2[nH]c3ccccc3c2=CC2NCSC12. The fourth-order valence-corrected chi connectivity index (χ4v) is 3.70. The summed E-state index contributed by atoms with van der Waals surface area (Å²) in [6, 6.07) is 9.03. The molecule has 1 saturated heterocycles. The van der Waals surface area contributed by atoms with Gasteiger partial charge in [-0.25, -0.2) is 0 Å². The number of hydrogen-bond donors (Lipinski definition) is 2. The van der Waals surface area contributed by atoms with E-state index in [4.69, 9.17) is 0 Å². The van der Waals surface area contributed by atoms with Crippen molar-refractivity contribution in [1.29, 1.82) is 0 Å². The molecule has 2 aliphatic rings. The third-order valence-corrected chi connectivity index (χ3v) is 4.55. The van der Waals surface area contributed by atoms with E-state index in [9.17, 15) is 0 Å². The molecule has 2 nitrogen and oxygen atoms in total. The lowest BCUT2D eigenvalue weighted by Gasteiger charge is -2.13. The highest BCUT2D eigenvalue weighted by atomic mass is 32.2. The van der Waals surface area contributed by atoms with Crippen LogP contribution in [0, 0.1) is 0 Å². The monoisotopic (exact) mass is 228 g/mol. The Hall–Kier alpha value is -1.19. The number of hydrogen-bond acceptors (Lipinski definition) is 2. The first-order chi connectivity index (χ1) is 7.92. The van der Waals surface area contributed by atoms with Crippen molar-refractivity contribution in [3.05, 3.63) is 34.8 Å². The normalized spacial score (nSPS) is 27.0. The fourth-order valence-electron chi connectivity index (χ4n) is 2.61. The molecule has 2 heterocycles. The van der Waals surface area contributed by atoms with Gasteiger partial charge in [-0.15, -0.1) is 11.8 Å². The lowest BCUT2D eigenvalue weighted by atomic mass is 10.1. The summed E-state index contributed by atoms with van der Waals surface area (Å²) in [5.41, 5.74) is 1.24. The maximum Gasteiger partial charge on any atom is 0.0464 e. The van der Waals surface area contributed by atoms with Gasteiger partial charge in [0.2, 0.25) is 0 Å². The van der Waals surface area contributed by atoms with Crippen LogP contribution >= 0.6 is 11.8 Å². The molecular formula is C13H12N2S. The van der Waals surface area contributed by atoms with Gasteiger partial charge < -0.3 is 10.3 Å². The van der Waals surface area contributed by atoms with Crippen LogP contribution in [0.2, 0.25) is 0 Å². The number of nitrogens with one attached hydrogen (secondary N) is 2. The Kier molecular flexibility index (Phi) is 1.75. The van der Waals surface area contributed by atoms with Crippen LogP contribution in [-0.2, 0) is 0 Å². The summed E-state index contributed by atoms with van der Waals surface area (Å²) in [5, 5.41) is 8.11. The van der Waals surface area contributed by atoms with Crippen LogP contribution in [0.5, 0.6) is 0 Å². The zero-order valence-electron chi connectivity index (χ0n) is 8.73. The molecule has 2 unspecified atom stereocenters. The number of benzene rings is 1. The van der Waals surface area contributed by atoms with Gasteiger partial charge >= 0.3 is 0 Å². The second-order valence-corrected chi connectivity index (χ2v) is 5.50. The predicted octanol–water partition coefficient (Wildman–Crippen LogP) is 0.774. The molecule has 80 valence electrons. The summed E-state index contributed by atoms with van der Waals surface area (Å²) < 4.78 is 0. The molecule has 0 saturated carbocycles. The highest BCUT2D eigenvalue weighted by Gasteiger charge is 2.26. The Balaban J connectivity index is 2.12. The van der Waals surface area contributed by atoms with Gasteiger partial charge in [0.15, 0.2) is 0 Å². The van der Waals surface area contributed by atoms with E-state index >= 15 is 0 Å². The van der Waals surface area contributed by atoms with Gasteiger partial charge in [0.25, 0.3) is 0 Å². The number of thioether (sulfide) groups is 1. The Morgan fingerprint density at radius 3 is 3.12 bits per heavy atom. The summed E-state index contributed by atoms with van der Waals surface area (Å²) in [4.78, 5) is 3.50. The van der Waals surface area contributed by atoms with Crippen molar-refractivity contribution in [3.8, 4) is 0 Å². The molecule has 1 fully saturated rings. The van der Waals surface area contributed by atoms with Crippen molar-refractivity contribution in [2.45, 2.75) is 11.3 Å². The van der Waals surface area contributed by atoms with Crippen LogP contribution < -0.4 is 15.9 Å². The van der Waals surface area contributed by atoms with E-state index in [-0.39, 0.29) is 0 Å². The quantitative estimate of drug-likeness (QED) is 0.697. The van der Waals surface area contributed by atoms with Crippen molar-refractivity contribution in [1.82, 2.24) is 10.3 Å². The van der Waals surface area contributed by atoms with E-state index < -0.39 is 0 Å². The van der Waals surface area contributed by atoms with Gasteiger partial charge in [-0.3, -0.25) is 0 Å². The predicted molar refractivity (Wildman–Crippen MR) is 69.6 cm³/mol. The first-order valence-electron chi connectivity index (χ1n) is 5.57. The summed E-state index contributed by atoms with van der Waals surface area (Å²) in [6.07, 6.45) is 4.74. The number of rotatable bonds is 0. The summed E-state index contributed by atoms with van der Waals surface area (Å²) >= 11 is 1.98. The summed E-state index contributed by atoms with van der Waals surface area (Å²) in [7, 11) is 0. The number of H-pyrrole nitrogens is 1. The molecule has 16 heavy (non-hydrogen) atoms. The molecule has 1 aromatic carbocycles. The lowest BCUT2D eigenvalue weighted by molar-refractivity contribution is 0.745. The average Bonchev–Trinajstić information content (AvgIpc) is 2.88. The molecule has 2 aromatic rings. The standard InChI is InChI=1S/C13H12N2S/c1-2-4-10-8(3-1)9-5-12-13(16-7-14-12)6-11(9)15-10/h1-6,12-15H,7H2. The Labute approximate surface area is 97.4 Å². The smallest absolute Gasteiger partial charge is 0.0464 e. The van der Waals surface area contributed by atoms with Crippen molar-refractivity contribution < 1.29 is 0 Å². The van der Waals surface area contributed by atoms with Crippen molar-refractivity contribution >= 4 is 34.8 Å². The second kappa shape index (κ2) is 3.15. The third kappa shape index (κ3) is 1.13. The highest BCUT2D eigenvalue weighted by molar-refractivity contribution is 8.00. The molecule has 1 aliphatic heterocycles. The van der Waals surface area contributed by atoms with E-state index in [0.717, 1.165) is 5.88 Å². The third-order valence-electron chi connectivity index (χ3n) is 3.40. The van der Waals surface area contributed by atoms with E-state index in [1.807, 2.05) is 11.8 Å². The van der Waals surface area contributed by atoms with E-state index in [1.54, 1.807) is 0 Å². The highest BCUT2D eigenvalue weighted by Crippen LogP contribution is 2.24. The largest absolute Gasteiger partial charge is 0.355 e. The minimum absolute atomic E-state index is 0.511. The van der Waals surface area contributed by atoms with Crippen LogP contribution in [0.1, 0.15) is 0 Å².